The number of nitrogens with zero attached hydrogens (tertiary/aromatic N) is 7. The van der Waals surface area contributed by atoms with E-state index >= 15 is 0 Å². The molecule has 0 radical (unpaired) electrons. The molecule has 0 saturated heterocycles. The van der Waals surface area contributed by atoms with E-state index in [0.29, 0.717) is 15.2 Å². The summed E-state index contributed by atoms with van der Waals surface area (Å²) in [7, 11) is 0. The minimum Gasteiger partial charge on any atom is -0.382 e. The highest BCUT2D eigenvalue weighted by atomic mass is 35.5. The van der Waals surface area contributed by atoms with Crippen LogP contribution >= 0.6 is 11.6 Å². The molecule has 0 bridgehead atoms. The number of rotatable bonds is 8. The molecule has 3 aromatic heterocycles. The van der Waals surface area contributed by atoms with Crippen molar-refractivity contribution in [2.24, 2.45) is 5.92 Å². The number of aliphatic hydroxyl groups is 1. The fourth-order valence-corrected chi connectivity index (χ4v) is 3.87. The number of nitrogens with one attached hydrogen (secondary N) is 1. The van der Waals surface area contributed by atoms with Crippen LogP contribution in [0.25, 0.3) is 17.2 Å². The summed E-state index contributed by atoms with van der Waals surface area (Å²) in [6, 6.07) is 9.02. The van der Waals surface area contributed by atoms with Crippen molar-refractivity contribution in [2.45, 2.75) is 38.0 Å². The van der Waals surface area contributed by atoms with E-state index in [2.05, 4.69) is 25.5 Å². The van der Waals surface area contributed by atoms with Gasteiger partial charge in [0.05, 0.1) is 18.2 Å². The first-order valence-corrected chi connectivity index (χ1v) is 11.9. The molecule has 4 aromatic rings. The van der Waals surface area contributed by atoms with Gasteiger partial charge in [0.1, 0.15) is 19.0 Å². The van der Waals surface area contributed by atoms with Gasteiger partial charge >= 0.3 is 11.9 Å². The number of aliphatic hydroxyl groups excluding tert-OH is 1. The monoisotopic (exact) mass is 566 g/mol. The normalized spacial score (nSPS) is 17.7. The van der Waals surface area contributed by atoms with E-state index in [-0.39, 0.29) is 36.1 Å². The summed E-state index contributed by atoms with van der Waals surface area (Å²) in [5.74, 6) is -1.12. The minimum absolute atomic E-state index is 0.0507. The third-order valence-corrected chi connectivity index (χ3v) is 6.15. The van der Waals surface area contributed by atoms with Crippen LogP contribution < -0.4 is 11.0 Å². The highest BCUT2D eigenvalue weighted by Gasteiger charge is 2.44. The van der Waals surface area contributed by atoms with E-state index in [1.165, 1.54) is 41.5 Å². The zero-order valence-electron chi connectivity index (χ0n) is 19.8. The highest BCUT2D eigenvalue weighted by molar-refractivity contribution is 6.30. The van der Waals surface area contributed by atoms with Crippen LogP contribution in [0.15, 0.2) is 53.7 Å². The first-order chi connectivity index (χ1) is 18.5. The minimum atomic E-state index is -4.96. The largest absolute Gasteiger partial charge is 0.416 e. The van der Waals surface area contributed by atoms with Crippen LogP contribution in [0.1, 0.15) is 12.2 Å². The van der Waals surface area contributed by atoms with Gasteiger partial charge in [-0.2, -0.15) is 13.2 Å². The Bertz CT molecular complexity index is 1570. The molecule has 16 heteroatoms. The van der Waals surface area contributed by atoms with Crippen molar-refractivity contribution in [1.82, 2.24) is 34.1 Å². The molecule has 1 saturated carbocycles. The summed E-state index contributed by atoms with van der Waals surface area (Å²) in [6.45, 7) is -1.42. The third-order valence-electron chi connectivity index (χ3n) is 5.90. The molecule has 1 fully saturated rings. The molecule has 11 nitrogen and oxygen atoms in total. The molecule has 204 valence electrons. The fourth-order valence-electron chi connectivity index (χ4n) is 3.74. The van der Waals surface area contributed by atoms with Gasteiger partial charge in [0, 0.05) is 16.8 Å². The van der Waals surface area contributed by atoms with Crippen molar-refractivity contribution < 1.29 is 27.5 Å². The number of hydrogen-bond acceptors (Lipinski definition) is 7. The van der Waals surface area contributed by atoms with Crippen molar-refractivity contribution >= 4 is 23.2 Å². The first kappa shape index (κ1) is 26.5. The summed E-state index contributed by atoms with van der Waals surface area (Å²) in [5, 5.41) is 21.0. The number of benzene rings is 1. The third kappa shape index (κ3) is 5.68. The summed E-state index contributed by atoms with van der Waals surface area (Å²) >= 11 is 5.90. The lowest BCUT2D eigenvalue weighted by Crippen LogP contribution is -2.37. The van der Waals surface area contributed by atoms with Crippen molar-refractivity contribution in [3.63, 3.8) is 0 Å². The first-order valence-electron chi connectivity index (χ1n) is 11.5. The number of pyridine rings is 1. The van der Waals surface area contributed by atoms with E-state index < -0.39 is 42.5 Å². The molecule has 1 amide bonds. The van der Waals surface area contributed by atoms with E-state index in [0.717, 1.165) is 4.68 Å². The molecule has 0 aliphatic heterocycles. The Morgan fingerprint density at radius 3 is 2.56 bits per heavy atom. The molecule has 3 heterocycles. The van der Waals surface area contributed by atoms with E-state index in [9.17, 15) is 32.3 Å². The van der Waals surface area contributed by atoms with Crippen LogP contribution in [0.3, 0.4) is 0 Å². The Morgan fingerprint density at radius 2 is 1.90 bits per heavy atom. The number of anilines is 1. The van der Waals surface area contributed by atoms with E-state index in [1.54, 1.807) is 12.1 Å². The second-order valence-electron chi connectivity index (χ2n) is 8.77. The van der Waals surface area contributed by atoms with Gasteiger partial charge in [0.15, 0.2) is 23.6 Å². The number of alkyl halides is 4. The number of carbonyl (C=O) groups excluding carboxylic acids is 1. The van der Waals surface area contributed by atoms with Gasteiger partial charge in [-0.3, -0.25) is 9.36 Å². The molecule has 3 unspecified atom stereocenters. The Balaban J connectivity index is 1.43. The Labute approximate surface area is 221 Å². The zero-order chi connectivity index (χ0) is 27.9. The maximum atomic E-state index is 13.3. The van der Waals surface area contributed by atoms with Crippen molar-refractivity contribution in [3.8, 4) is 17.2 Å². The van der Waals surface area contributed by atoms with Crippen LogP contribution in [-0.2, 0) is 17.9 Å². The predicted octanol–water partition coefficient (Wildman–Crippen LogP) is 2.61. The lowest BCUT2D eigenvalue weighted by atomic mass is 10.2. The van der Waals surface area contributed by atoms with Gasteiger partial charge in [0.2, 0.25) is 5.91 Å². The molecular formula is C23H19ClF4N8O3. The molecule has 5 rings (SSSR count). The Morgan fingerprint density at radius 1 is 1.18 bits per heavy atom. The molecule has 0 spiro atoms. The van der Waals surface area contributed by atoms with Gasteiger partial charge < -0.3 is 10.4 Å². The molecule has 1 aliphatic carbocycles. The average molecular weight is 567 g/mol. The molecule has 2 N–H and O–H groups in total. The highest BCUT2D eigenvalue weighted by Crippen LogP contribution is 2.35. The van der Waals surface area contributed by atoms with Crippen LogP contribution in [0.5, 0.6) is 0 Å². The van der Waals surface area contributed by atoms with Crippen molar-refractivity contribution in [2.75, 3.05) is 5.32 Å². The van der Waals surface area contributed by atoms with Crippen molar-refractivity contribution in [1.29, 1.82) is 0 Å². The summed E-state index contributed by atoms with van der Waals surface area (Å²) in [4.78, 5) is 33.5. The predicted molar refractivity (Wildman–Crippen MR) is 129 cm³/mol. The smallest absolute Gasteiger partial charge is 0.382 e. The zero-order valence-corrected chi connectivity index (χ0v) is 20.5. The van der Waals surface area contributed by atoms with E-state index in [1.807, 2.05) is 0 Å². The Hall–Kier alpha value is -4.11. The number of hydrogen-bond donors (Lipinski definition) is 2. The number of amides is 1. The van der Waals surface area contributed by atoms with Gasteiger partial charge in [0.25, 0.3) is 0 Å². The fraction of sp³-hybridized carbons (Fsp3) is 0.304. The van der Waals surface area contributed by atoms with E-state index in [4.69, 9.17) is 11.6 Å². The lowest BCUT2D eigenvalue weighted by Gasteiger charge is -2.15. The van der Waals surface area contributed by atoms with Crippen molar-refractivity contribution in [3.05, 3.63) is 70.3 Å². The Kier molecular flexibility index (Phi) is 6.94. The average Bonchev–Trinajstić information content (AvgIpc) is 3.32. The summed E-state index contributed by atoms with van der Waals surface area (Å²) in [6.07, 6.45) is -6.10. The number of aromatic nitrogens is 7. The van der Waals surface area contributed by atoms with Gasteiger partial charge in [-0.15, -0.1) is 10.2 Å². The van der Waals surface area contributed by atoms with Gasteiger partial charge in [-0.25, -0.2) is 28.5 Å². The molecule has 39 heavy (non-hydrogen) atoms. The molecular weight excluding hydrogens is 548 g/mol. The van der Waals surface area contributed by atoms with Crippen LogP contribution in [0.4, 0.5) is 23.2 Å². The summed E-state index contributed by atoms with van der Waals surface area (Å²) in [5.41, 5.74) is -0.385. The number of carbonyl (C=O) groups is 1. The van der Waals surface area contributed by atoms with Gasteiger partial charge in [-0.1, -0.05) is 11.6 Å². The van der Waals surface area contributed by atoms with Gasteiger partial charge in [-0.05, 0) is 42.8 Å². The molecule has 1 aromatic carbocycles. The second-order valence-corrected chi connectivity index (χ2v) is 9.20. The molecule has 3 atom stereocenters. The standard InChI is InChI=1S/C23H19ClF4N8O3/c24-13-5-3-12(4-6-13)19-33-35(22(39)34(19)9-17(37)23(26,27)28)10-18-30-11-36(32-18)20-16(2-1-7-29-20)31-21(38)14-8-15(14)25/h1-7,11,14-15,17,37H,8-10H2,(H,31,38). The van der Waals surface area contributed by atoms with Crippen LogP contribution in [0.2, 0.25) is 5.02 Å². The topological polar surface area (TPSA) is 133 Å². The van der Waals surface area contributed by atoms with Crippen LogP contribution in [-0.4, -0.2) is 63.6 Å². The number of halogens is 5. The maximum absolute atomic E-state index is 13.3. The quantitative estimate of drug-likeness (QED) is 0.313. The lowest BCUT2D eigenvalue weighted by molar-refractivity contribution is -0.207. The summed E-state index contributed by atoms with van der Waals surface area (Å²) < 4.78 is 55.3. The SMILES string of the molecule is O=C(Nc1cccnc1-n1cnc(Cn2nc(-c3ccc(Cl)cc3)n(CC(O)C(F)(F)F)c2=O)n1)C1CC1F. The second kappa shape index (κ2) is 10.2. The molecule has 1 aliphatic rings. The maximum Gasteiger partial charge on any atom is 0.416 e. The van der Waals surface area contributed by atoms with Crippen LogP contribution in [0, 0.1) is 5.92 Å².